The van der Waals surface area contributed by atoms with E-state index in [2.05, 4.69) is 18.4 Å². The number of ketones is 1. The molecule has 1 heterocycles. The second kappa shape index (κ2) is 3.69. The molecule has 0 N–H and O–H groups in total. The second-order valence-electron chi connectivity index (χ2n) is 6.97. The minimum atomic E-state index is 0.0439. The maximum atomic E-state index is 12.9. The van der Waals surface area contributed by atoms with Crippen molar-refractivity contribution in [2.75, 3.05) is 0 Å². The molecular weight excluding hydrogens is 240 g/mol. The van der Waals surface area contributed by atoms with Crippen molar-refractivity contribution in [2.45, 2.75) is 45.4 Å². The average Bonchev–Trinajstić information content (AvgIpc) is 2.73. The van der Waals surface area contributed by atoms with Gasteiger partial charge in [-0.05, 0) is 69.3 Å². The van der Waals surface area contributed by atoms with Crippen LogP contribution < -0.4 is 0 Å². The fourth-order valence-electron chi connectivity index (χ4n) is 5.26. The summed E-state index contributed by atoms with van der Waals surface area (Å²) in [7, 11) is 0. The van der Waals surface area contributed by atoms with E-state index >= 15 is 0 Å². The maximum Gasteiger partial charge on any atom is 0.169 e. The Bertz CT molecular complexity index is 464. The molecule has 4 bridgehead atoms. The molecule has 4 aliphatic rings. The number of carbonyl (C=O) groups excluding carboxylic acids is 1. The molecule has 0 aromatic carbocycles. The van der Waals surface area contributed by atoms with Gasteiger partial charge in [0.1, 0.15) is 0 Å². The van der Waals surface area contributed by atoms with Crippen molar-refractivity contribution in [3.05, 3.63) is 21.9 Å². The summed E-state index contributed by atoms with van der Waals surface area (Å²) in [6.45, 7) is 2.10. The molecule has 1 aromatic rings. The minimum Gasteiger partial charge on any atom is -0.294 e. The molecule has 0 saturated heterocycles. The maximum absolute atomic E-state index is 12.9. The lowest BCUT2D eigenvalue weighted by Gasteiger charge is -2.55. The molecule has 0 aliphatic heterocycles. The minimum absolute atomic E-state index is 0.0439. The zero-order chi connectivity index (χ0) is 12.3. The van der Waals surface area contributed by atoms with Crippen LogP contribution in [-0.4, -0.2) is 5.78 Å². The van der Waals surface area contributed by atoms with E-state index in [1.807, 2.05) is 0 Å². The van der Waals surface area contributed by atoms with Crippen LogP contribution in [0.5, 0.6) is 0 Å². The highest BCUT2D eigenvalue weighted by Crippen LogP contribution is 2.61. The zero-order valence-corrected chi connectivity index (χ0v) is 11.8. The van der Waals surface area contributed by atoms with Gasteiger partial charge >= 0.3 is 0 Å². The monoisotopic (exact) mass is 260 g/mol. The summed E-state index contributed by atoms with van der Waals surface area (Å²) in [5.41, 5.74) is 1.04. The number of Topliss-reactive ketones (excluding diaryl/α,β-unsaturated/α-hetero) is 1. The van der Waals surface area contributed by atoms with Crippen molar-refractivity contribution in [3.8, 4) is 0 Å². The van der Waals surface area contributed by atoms with Crippen LogP contribution in [0.4, 0.5) is 0 Å². The van der Waals surface area contributed by atoms with E-state index < -0.39 is 0 Å². The van der Waals surface area contributed by atoms with E-state index in [4.69, 9.17) is 0 Å². The molecule has 4 saturated carbocycles. The highest BCUT2D eigenvalue weighted by molar-refractivity contribution is 7.10. The molecule has 96 valence electrons. The molecule has 4 fully saturated rings. The predicted molar refractivity (Wildman–Crippen MR) is 74.0 cm³/mol. The lowest BCUT2D eigenvalue weighted by Crippen LogP contribution is -2.49. The Morgan fingerprint density at radius 1 is 1.17 bits per heavy atom. The topological polar surface area (TPSA) is 17.1 Å². The van der Waals surface area contributed by atoms with Crippen molar-refractivity contribution in [2.24, 2.45) is 23.2 Å². The Hall–Kier alpha value is -0.630. The summed E-state index contributed by atoms with van der Waals surface area (Å²) in [6.07, 6.45) is 7.80. The molecule has 2 heteroatoms. The van der Waals surface area contributed by atoms with Crippen molar-refractivity contribution >= 4 is 17.1 Å². The summed E-state index contributed by atoms with van der Waals surface area (Å²) in [6, 6.07) is 2.10. The summed E-state index contributed by atoms with van der Waals surface area (Å²) >= 11 is 1.72. The van der Waals surface area contributed by atoms with Crippen LogP contribution in [0.25, 0.3) is 0 Å². The number of hydrogen-bond acceptors (Lipinski definition) is 2. The molecule has 18 heavy (non-hydrogen) atoms. The van der Waals surface area contributed by atoms with Crippen LogP contribution in [0.15, 0.2) is 11.4 Å². The summed E-state index contributed by atoms with van der Waals surface area (Å²) < 4.78 is 0. The lowest BCUT2D eigenvalue weighted by atomic mass is 9.48. The number of carbonyl (C=O) groups is 1. The summed E-state index contributed by atoms with van der Waals surface area (Å²) in [5.74, 6) is 3.06. The van der Waals surface area contributed by atoms with Gasteiger partial charge in [0.25, 0.3) is 0 Å². The molecule has 4 aliphatic carbocycles. The molecule has 1 aromatic heterocycles. The van der Waals surface area contributed by atoms with Crippen LogP contribution >= 0.6 is 11.3 Å². The van der Waals surface area contributed by atoms with Crippen LogP contribution in [0, 0.1) is 30.1 Å². The van der Waals surface area contributed by atoms with Crippen molar-refractivity contribution in [1.29, 1.82) is 0 Å². The first-order valence-electron chi connectivity index (χ1n) is 7.24. The highest BCUT2D eigenvalue weighted by Gasteiger charge is 2.54. The molecule has 0 radical (unpaired) electrons. The van der Waals surface area contributed by atoms with Crippen molar-refractivity contribution in [3.63, 3.8) is 0 Å². The van der Waals surface area contributed by atoms with Gasteiger partial charge in [-0.15, -0.1) is 11.3 Å². The third-order valence-corrected chi connectivity index (χ3v) is 6.37. The fourth-order valence-corrected chi connectivity index (χ4v) is 5.94. The molecule has 0 spiro atoms. The molecule has 0 unspecified atom stereocenters. The van der Waals surface area contributed by atoms with E-state index in [1.165, 1.54) is 43.4 Å². The molecular formula is C16H20OS. The van der Waals surface area contributed by atoms with Crippen molar-refractivity contribution < 1.29 is 4.79 Å². The van der Waals surface area contributed by atoms with Gasteiger partial charge in [0.15, 0.2) is 5.78 Å². The highest BCUT2D eigenvalue weighted by atomic mass is 32.1. The van der Waals surface area contributed by atoms with Gasteiger partial charge in [0.05, 0.1) is 0 Å². The Kier molecular flexibility index (Phi) is 2.30. The van der Waals surface area contributed by atoms with Gasteiger partial charge in [-0.2, -0.15) is 0 Å². The Balaban J connectivity index is 1.69. The van der Waals surface area contributed by atoms with Gasteiger partial charge in [0.2, 0.25) is 0 Å². The van der Waals surface area contributed by atoms with Gasteiger partial charge in [-0.3, -0.25) is 4.79 Å². The Morgan fingerprint density at radius 2 is 1.72 bits per heavy atom. The number of hydrogen-bond donors (Lipinski definition) is 0. The Labute approximate surface area is 113 Å². The quantitative estimate of drug-likeness (QED) is 0.718. The molecule has 5 rings (SSSR count). The Morgan fingerprint density at radius 3 is 2.17 bits per heavy atom. The van der Waals surface area contributed by atoms with Crippen LogP contribution in [-0.2, 0) is 0 Å². The predicted octanol–water partition coefficient (Wildman–Crippen LogP) is 4.46. The van der Waals surface area contributed by atoms with E-state index in [1.54, 1.807) is 11.3 Å². The van der Waals surface area contributed by atoms with E-state index in [9.17, 15) is 4.79 Å². The van der Waals surface area contributed by atoms with Crippen LogP contribution in [0.1, 0.15) is 53.8 Å². The normalized spacial score (nSPS) is 41.3. The second-order valence-corrected chi connectivity index (χ2v) is 8.09. The van der Waals surface area contributed by atoms with Gasteiger partial charge < -0.3 is 0 Å². The first-order valence-corrected chi connectivity index (χ1v) is 8.12. The van der Waals surface area contributed by atoms with Crippen LogP contribution in [0.3, 0.4) is 0 Å². The first kappa shape index (κ1) is 11.2. The average molecular weight is 260 g/mol. The number of thiophene rings is 1. The third-order valence-electron chi connectivity index (χ3n) is 5.51. The van der Waals surface area contributed by atoms with E-state index in [-0.39, 0.29) is 5.41 Å². The summed E-state index contributed by atoms with van der Waals surface area (Å²) in [5, 5.41) is 2.08. The van der Waals surface area contributed by atoms with Gasteiger partial charge in [0, 0.05) is 21.2 Å². The van der Waals surface area contributed by atoms with Gasteiger partial charge in [-0.1, -0.05) is 0 Å². The largest absolute Gasteiger partial charge is 0.294 e. The lowest BCUT2D eigenvalue weighted by molar-refractivity contribution is -0.0352. The fraction of sp³-hybridized carbons (Fsp3) is 0.688. The number of aryl methyl sites for hydroxylation is 1. The zero-order valence-electron chi connectivity index (χ0n) is 10.9. The molecule has 1 nitrogen and oxygen atoms in total. The van der Waals surface area contributed by atoms with E-state index in [0.29, 0.717) is 5.78 Å². The molecule has 0 atom stereocenters. The smallest absolute Gasteiger partial charge is 0.169 e. The van der Waals surface area contributed by atoms with Crippen LogP contribution in [0.2, 0.25) is 0 Å². The SMILES string of the molecule is Cc1cc(C(=O)C23CC4CC(CC(C4)C2)C3)cs1. The summed E-state index contributed by atoms with van der Waals surface area (Å²) in [4.78, 5) is 14.2. The van der Waals surface area contributed by atoms with Crippen molar-refractivity contribution in [1.82, 2.24) is 0 Å². The standard InChI is InChI=1S/C16H20OS/c1-10-2-14(9-18-10)15(17)16-6-11-3-12(7-16)5-13(4-11)8-16/h2,9,11-13H,3-8H2,1H3. The first-order chi connectivity index (χ1) is 8.64. The van der Waals surface area contributed by atoms with E-state index in [0.717, 1.165) is 23.3 Å². The van der Waals surface area contributed by atoms with Gasteiger partial charge in [-0.25, -0.2) is 0 Å². The molecule has 0 amide bonds. The third kappa shape index (κ3) is 1.54. The number of rotatable bonds is 2.